The van der Waals surface area contributed by atoms with E-state index in [9.17, 15) is 9.18 Å². The highest BCUT2D eigenvalue weighted by atomic mass is 19.1. The van der Waals surface area contributed by atoms with Gasteiger partial charge < -0.3 is 21.8 Å². The predicted molar refractivity (Wildman–Crippen MR) is 103 cm³/mol. The van der Waals surface area contributed by atoms with Crippen LogP contribution in [0, 0.1) is 11.2 Å². The molecular weight excluding hydrogens is 333 g/mol. The van der Waals surface area contributed by atoms with Crippen LogP contribution in [0.5, 0.6) is 0 Å². The molecule has 0 aromatic heterocycles. The van der Waals surface area contributed by atoms with Crippen LogP contribution in [-0.2, 0) is 0 Å². The lowest BCUT2D eigenvalue weighted by atomic mass is 10.0. The number of hydrogen-bond donors (Lipinski definition) is 4. The number of hydrogen-bond acceptors (Lipinski definition) is 4. The van der Waals surface area contributed by atoms with E-state index < -0.39 is 0 Å². The Hall–Kier alpha value is -2.93. The SMILES string of the molecule is N=Cc1ccc(NC(=O)N(c2cccc(F)c2)C2CCNCC2)cc1N. The summed E-state index contributed by atoms with van der Waals surface area (Å²) in [6.07, 6.45) is 2.74. The van der Waals surface area contributed by atoms with Gasteiger partial charge in [-0.1, -0.05) is 6.07 Å². The van der Waals surface area contributed by atoms with Crippen molar-refractivity contribution in [1.29, 1.82) is 5.41 Å². The van der Waals surface area contributed by atoms with Crippen LogP contribution in [0.15, 0.2) is 42.5 Å². The average molecular weight is 355 g/mol. The first kappa shape index (κ1) is 17.9. The fourth-order valence-corrected chi connectivity index (χ4v) is 3.15. The Bertz CT molecular complexity index is 804. The monoisotopic (exact) mass is 355 g/mol. The van der Waals surface area contributed by atoms with Gasteiger partial charge in [-0.2, -0.15) is 0 Å². The standard InChI is InChI=1S/C19H22FN5O/c20-14-2-1-3-17(10-14)25(16-6-8-23-9-7-16)19(26)24-15-5-4-13(12-21)18(22)11-15/h1-5,10-12,16,21,23H,6-9,22H2,(H,24,26). The summed E-state index contributed by atoms with van der Waals surface area (Å²) >= 11 is 0. The molecule has 5 N–H and O–H groups in total. The second-order valence-corrected chi connectivity index (χ2v) is 6.25. The van der Waals surface area contributed by atoms with Crippen LogP contribution < -0.4 is 21.3 Å². The Morgan fingerprint density at radius 3 is 2.69 bits per heavy atom. The van der Waals surface area contributed by atoms with Crippen molar-refractivity contribution in [3.63, 3.8) is 0 Å². The highest BCUT2D eigenvalue weighted by Crippen LogP contribution is 2.25. The van der Waals surface area contributed by atoms with E-state index in [2.05, 4.69) is 10.6 Å². The molecule has 7 heteroatoms. The van der Waals surface area contributed by atoms with E-state index in [-0.39, 0.29) is 17.9 Å². The summed E-state index contributed by atoms with van der Waals surface area (Å²) in [5.41, 5.74) is 7.95. The molecule has 26 heavy (non-hydrogen) atoms. The molecule has 0 atom stereocenters. The Morgan fingerprint density at radius 2 is 2.04 bits per heavy atom. The van der Waals surface area contributed by atoms with Crippen molar-refractivity contribution in [2.45, 2.75) is 18.9 Å². The zero-order valence-electron chi connectivity index (χ0n) is 14.3. The van der Waals surface area contributed by atoms with Crippen LogP contribution in [0.3, 0.4) is 0 Å². The van der Waals surface area contributed by atoms with Gasteiger partial charge in [-0.15, -0.1) is 0 Å². The second-order valence-electron chi connectivity index (χ2n) is 6.25. The lowest BCUT2D eigenvalue weighted by molar-refractivity contribution is 0.252. The van der Waals surface area contributed by atoms with Crippen LogP contribution in [0.25, 0.3) is 0 Å². The summed E-state index contributed by atoms with van der Waals surface area (Å²) in [4.78, 5) is 14.6. The molecule has 0 bridgehead atoms. The van der Waals surface area contributed by atoms with Crippen molar-refractivity contribution in [2.75, 3.05) is 29.0 Å². The van der Waals surface area contributed by atoms with Gasteiger partial charge in [-0.3, -0.25) is 4.90 Å². The van der Waals surface area contributed by atoms with Crippen molar-refractivity contribution in [2.24, 2.45) is 0 Å². The summed E-state index contributed by atoms with van der Waals surface area (Å²) in [7, 11) is 0. The summed E-state index contributed by atoms with van der Waals surface area (Å²) in [6.45, 7) is 1.62. The molecule has 1 heterocycles. The number of nitrogen functional groups attached to an aromatic ring is 1. The smallest absolute Gasteiger partial charge is 0.326 e. The third-order valence-corrected chi connectivity index (χ3v) is 4.47. The van der Waals surface area contributed by atoms with Gasteiger partial charge >= 0.3 is 6.03 Å². The Morgan fingerprint density at radius 1 is 1.27 bits per heavy atom. The molecule has 2 aromatic carbocycles. The van der Waals surface area contributed by atoms with Gasteiger partial charge in [0.1, 0.15) is 5.82 Å². The van der Waals surface area contributed by atoms with Gasteiger partial charge in [0, 0.05) is 34.9 Å². The van der Waals surface area contributed by atoms with Gasteiger partial charge in [-0.05, 0) is 62.3 Å². The molecule has 0 radical (unpaired) electrons. The number of piperidine rings is 1. The minimum atomic E-state index is -0.381. The average Bonchev–Trinajstić information content (AvgIpc) is 2.63. The number of urea groups is 1. The molecule has 6 nitrogen and oxygen atoms in total. The molecule has 2 aromatic rings. The molecule has 1 saturated heterocycles. The maximum absolute atomic E-state index is 13.7. The van der Waals surface area contributed by atoms with E-state index in [1.54, 1.807) is 35.2 Å². The predicted octanol–water partition coefficient (Wildman–Crippen LogP) is 3.20. The molecule has 1 fully saturated rings. The summed E-state index contributed by atoms with van der Waals surface area (Å²) < 4.78 is 13.7. The molecule has 3 rings (SSSR count). The van der Waals surface area contributed by atoms with E-state index >= 15 is 0 Å². The molecule has 1 aliphatic heterocycles. The Labute approximate surface area is 151 Å². The van der Waals surface area contributed by atoms with Crippen LogP contribution in [0.1, 0.15) is 18.4 Å². The van der Waals surface area contributed by atoms with Crippen molar-refractivity contribution in [1.82, 2.24) is 5.32 Å². The Balaban J connectivity index is 1.86. The Kier molecular flexibility index (Phi) is 5.48. The zero-order valence-corrected chi connectivity index (χ0v) is 14.3. The molecule has 0 unspecified atom stereocenters. The number of anilines is 3. The fraction of sp³-hybridized carbons (Fsp3) is 0.263. The van der Waals surface area contributed by atoms with Gasteiger partial charge in [0.05, 0.1) is 0 Å². The second kappa shape index (κ2) is 7.97. The van der Waals surface area contributed by atoms with Gasteiger partial charge in [0.15, 0.2) is 0 Å². The lowest BCUT2D eigenvalue weighted by Gasteiger charge is -2.34. The first-order valence-electron chi connectivity index (χ1n) is 8.55. The summed E-state index contributed by atoms with van der Waals surface area (Å²) in [6, 6.07) is 10.7. The van der Waals surface area contributed by atoms with E-state index in [0.717, 1.165) is 32.1 Å². The van der Waals surface area contributed by atoms with Gasteiger partial charge in [0.25, 0.3) is 0 Å². The largest absolute Gasteiger partial charge is 0.398 e. The summed E-state index contributed by atoms with van der Waals surface area (Å²) in [5.74, 6) is -0.381. The normalized spacial score (nSPS) is 14.7. The van der Waals surface area contributed by atoms with Crippen molar-refractivity contribution in [3.05, 3.63) is 53.8 Å². The number of rotatable bonds is 4. The number of nitrogens with zero attached hydrogens (tertiary/aromatic N) is 1. The maximum Gasteiger partial charge on any atom is 0.326 e. The van der Waals surface area contributed by atoms with Crippen LogP contribution >= 0.6 is 0 Å². The van der Waals surface area contributed by atoms with Crippen LogP contribution in [0.2, 0.25) is 0 Å². The maximum atomic E-state index is 13.7. The molecule has 2 amide bonds. The molecule has 1 aliphatic rings. The number of carbonyl (C=O) groups is 1. The van der Waals surface area contributed by atoms with Crippen molar-refractivity contribution < 1.29 is 9.18 Å². The fourth-order valence-electron chi connectivity index (χ4n) is 3.15. The molecular formula is C19H22FN5O. The van der Waals surface area contributed by atoms with E-state index in [0.29, 0.717) is 22.6 Å². The highest BCUT2D eigenvalue weighted by Gasteiger charge is 2.27. The number of nitrogens with two attached hydrogens (primary N) is 1. The van der Waals surface area contributed by atoms with Gasteiger partial charge in [-0.25, -0.2) is 9.18 Å². The highest BCUT2D eigenvalue weighted by molar-refractivity contribution is 6.02. The third-order valence-electron chi connectivity index (χ3n) is 4.47. The quantitative estimate of drug-likeness (QED) is 0.501. The number of nitrogens with one attached hydrogen (secondary N) is 3. The number of halogens is 1. The van der Waals surface area contributed by atoms with E-state index in [1.807, 2.05) is 0 Å². The van der Waals surface area contributed by atoms with Crippen LogP contribution in [0.4, 0.5) is 26.2 Å². The number of benzene rings is 2. The first-order chi connectivity index (χ1) is 12.6. The van der Waals surface area contributed by atoms with Crippen LogP contribution in [-0.4, -0.2) is 31.4 Å². The third kappa shape index (κ3) is 4.00. The van der Waals surface area contributed by atoms with E-state index in [4.69, 9.17) is 11.1 Å². The lowest BCUT2D eigenvalue weighted by Crippen LogP contribution is -2.48. The van der Waals surface area contributed by atoms with E-state index in [1.165, 1.54) is 12.1 Å². The minimum absolute atomic E-state index is 0.0174. The molecule has 136 valence electrons. The molecule has 0 spiro atoms. The van der Waals surface area contributed by atoms with Crippen molar-refractivity contribution >= 4 is 29.3 Å². The number of carbonyl (C=O) groups excluding carboxylic acids is 1. The first-order valence-corrected chi connectivity index (χ1v) is 8.55. The van der Waals surface area contributed by atoms with Gasteiger partial charge in [0.2, 0.25) is 0 Å². The summed E-state index contributed by atoms with van der Waals surface area (Å²) in [5, 5.41) is 13.4. The number of amides is 2. The topological polar surface area (TPSA) is 94.2 Å². The molecule has 0 saturated carbocycles. The van der Waals surface area contributed by atoms with Crippen molar-refractivity contribution in [3.8, 4) is 0 Å². The zero-order chi connectivity index (χ0) is 18.5. The minimum Gasteiger partial charge on any atom is -0.398 e. The molecule has 0 aliphatic carbocycles.